The van der Waals surface area contributed by atoms with Crippen LogP contribution >= 0.6 is 0 Å². The summed E-state index contributed by atoms with van der Waals surface area (Å²) in [4.78, 5) is 12.5. The molecule has 8 heteroatoms. The minimum absolute atomic E-state index is 0.0351. The van der Waals surface area contributed by atoms with Crippen LogP contribution in [0.2, 0.25) is 0 Å². The average molecular weight is 408 g/mol. The molecule has 0 amide bonds. The van der Waals surface area contributed by atoms with Crippen LogP contribution in [0.4, 0.5) is 8.78 Å². The molecule has 0 bridgehead atoms. The molecule has 1 aliphatic rings. The second kappa shape index (κ2) is 7.01. The third-order valence-electron chi connectivity index (χ3n) is 4.36. The average Bonchev–Trinajstić information content (AvgIpc) is 2.86. The molecule has 1 heterocycles. The molecule has 0 fully saturated rings. The van der Waals surface area contributed by atoms with E-state index in [1.54, 1.807) is 32.9 Å². The van der Waals surface area contributed by atoms with Crippen LogP contribution in [0.1, 0.15) is 26.3 Å². The predicted octanol–water partition coefficient (Wildman–Crippen LogP) is 3.88. The predicted molar refractivity (Wildman–Crippen MR) is 98.2 cm³/mol. The van der Waals surface area contributed by atoms with Crippen molar-refractivity contribution in [1.29, 1.82) is 0 Å². The molecule has 0 unspecified atom stereocenters. The summed E-state index contributed by atoms with van der Waals surface area (Å²) in [7, 11) is -3.37. The minimum Gasteiger partial charge on any atom is -0.449 e. The van der Waals surface area contributed by atoms with Gasteiger partial charge in [-0.1, -0.05) is 19.1 Å². The zero-order valence-electron chi connectivity index (χ0n) is 15.5. The minimum atomic E-state index is -3.37. The third-order valence-corrected chi connectivity index (χ3v) is 6.11. The number of halogens is 2. The Morgan fingerprint density at radius 1 is 1.04 bits per heavy atom. The Morgan fingerprint density at radius 3 is 2.25 bits per heavy atom. The first kappa shape index (κ1) is 20.0. The van der Waals surface area contributed by atoms with Crippen molar-refractivity contribution in [3.8, 4) is 5.75 Å². The van der Waals surface area contributed by atoms with Crippen molar-refractivity contribution in [2.75, 3.05) is 5.75 Å². The number of esters is 1. The molecule has 3 rings (SSSR count). The first-order valence-electron chi connectivity index (χ1n) is 8.49. The summed E-state index contributed by atoms with van der Waals surface area (Å²) in [6.07, 6.45) is 0. The summed E-state index contributed by atoms with van der Waals surface area (Å²) in [5.41, 5.74) is -0.165. The van der Waals surface area contributed by atoms with E-state index in [4.69, 9.17) is 9.47 Å². The molecular formula is C20H18F2O5S. The molecule has 0 saturated heterocycles. The van der Waals surface area contributed by atoms with Gasteiger partial charge in [0.1, 0.15) is 11.4 Å². The molecule has 2 aromatic carbocycles. The summed E-state index contributed by atoms with van der Waals surface area (Å²) >= 11 is 0. The molecular weight excluding hydrogens is 390 g/mol. The number of hydrogen-bond donors (Lipinski definition) is 0. The van der Waals surface area contributed by atoms with Crippen molar-refractivity contribution in [2.45, 2.75) is 31.3 Å². The molecule has 0 aromatic heterocycles. The Balaban J connectivity index is 2.07. The van der Waals surface area contributed by atoms with Crippen LogP contribution in [-0.2, 0) is 19.4 Å². The van der Waals surface area contributed by atoms with Gasteiger partial charge in [-0.3, -0.25) is 0 Å². The lowest BCUT2D eigenvalue weighted by Gasteiger charge is -2.21. The molecule has 2 aromatic rings. The summed E-state index contributed by atoms with van der Waals surface area (Å²) in [5.74, 6) is -3.17. The van der Waals surface area contributed by atoms with Gasteiger partial charge in [0.15, 0.2) is 21.5 Å². The van der Waals surface area contributed by atoms with Crippen molar-refractivity contribution in [2.24, 2.45) is 0 Å². The van der Waals surface area contributed by atoms with E-state index in [1.807, 2.05) is 0 Å². The van der Waals surface area contributed by atoms with Crippen molar-refractivity contribution in [1.82, 2.24) is 0 Å². The van der Waals surface area contributed by atoms with E-state index >= 15 is 0 Å². The second-order valence-corrected chi connectivity index (χ2v) is 8.99. The Labute approximate surface area is 161 Å². The molecule has 0 spiro atoms. The Kier molecular flexibility index (Phi) is 5.01. The molecule has 0 N–H and O–H groups in total. The van der Waals surface area contributed by atoms with Crippen LogP contribution in [0.3, 0.4) is 0 Å². The second-order valence-electron chi connectivity index (χ2n) is 6.71. The van der Waals surface area contributed by atoms with Gasteiger partial charge in [-0.25, -0.2) is 22.0 Å². The van der Waals surface area contributed by atoms with Gasteiger partial charge in [0.2, 0.25) is 5.76 Å². The highest BCUT2D eigenvalue weighted by Crippen LogP contribution is 2.40. The number of sulfone groups is 1. The van der Waals surface area contributed by atoms with Crippen LogP contribution in [0.25, 0.3) is 5.57 Å². The Morgan fingerprint density at radius 2 is 1.68 bits per heavy atom. The summed E-state index contributed by atoms with van der Waals surface area (Å²) in [6, 6.07) is 8.89. The molecule has 0 aliphatic carbocycles. The van der Waals surface area contributed by atoms with Crippen LogP contribution in [-0.4, -0.2) is 25.7 Å². The highest BCUT2D eigenvalue weighted by Gasteiger charge is 2.43. The van der Waals surface area contributed by atoms with Crippen LogP contribution < -0.4 is 4.74 Å². The maximum absolute atomic E-state index is 13.5. The SMILES string of the molecule is CCS(=O)(=O)c1ccc(C2=C(Oc3ccc(F)c(F)c3)C(=O)OC2(C)C)cc1. The first-order valence-corrected chi connectivity index (χ1v) is 10.1. The number of rotatable bonds is 5. The van der Waals surface area contributed by atoms with Gasteiger partial charge in [0.25, 0.3) is 0 Å². The van der Waals surface area contributed by atoms with Crippen molar-refractivity contribution < 1.29 is 31.5 Å². The van der Waals surface area contributed by atoms with Crippen molar-refractivity contribution in [3.05, 3.63) is 65.4 Å². The maximum atomic E-state index is 13.5. The van der Waals surface area contributed by atoms with Gasteiger partial charge in [-0.2, -0.15) is 0 Å². The van der Waals surface area contributed by atoms with E-state index in [-0.39, 0.29) is 22.2 Å². The fraction of sp³-hybridized carbons (Fsp3) is 0.250. The van der Waals surface area contributed by atoms with E-state index in [9.17, 15) is 22.0 Å². The summed E-state index contributed by atoms with van der Waals surface area (Å²) in [5, 5.41) is 0. The topological polar surface area (TPSA) is 69.7 Å². The lowest BCUT2D eigenvalue weighted by Crippen LogP contribution is -2.22. The summed E-state index contributed by atoms with van der Waals surface area (Å²) < 4.78 is 61.5. The molecule has 0 atom stereocenters. The molecule has 28 heavy (non-hydrogen) atoms. The lowest BCUT2D eigenvalue weighted by atomic mass is 9.92. The third kappa shape index (κ3) is 3.64. The van der Waals surface area contributed by atoms with Crippen molar-refractivity contribution >= 4 is 21.4 Å². The van der Waals surface area contributed by atoms with Crippen LogP contribution in [0, 0.1) is 11.6 Å². The number of carbonyl (C=O) groups is 1. The monoisotopic (exact) mass is 408 g/mol. The fourth-order valence-corrected chi connectivity index (χ4v) is 3.81. The van der Waals surface area contributed by atoms with Crippen molar-refractivity contribution in [3.63, 3.8) is 0 Å². The van der Waals surface area contributed by atoms with Gasteiger partial charge >= 0.3 is 5.97 Å². The zero-order valence-corrected chi connectivity index (χ0v) is 16.3. The van der Waals surface area contributed by atoms with E-state index in [1.165, 1.54) is 18.2 Å². The number of carbonyl (C=O) groups excluding carboxylic acids is 1. The molecule has 5 nitrogen and oxygen atoms in total. The van der Waals surface area contributed by atoms with Gasteiger partial charge in [0.05, 0.1) is 16.2 Å². The standard InChI is InChI=1S/C20H18F2O5S/c1-4-28(24,25)14-8-5-12(6-9-14)17-18(19(23)27-20(17,2)3)26-13-7-10-15(21)16(22)11-13/h5-11H,4H2,1-3H3. The largest absolute Gasteiger partial charge is 0.449 e. The van der Waals surface area contributed by atoms with E-state index in [0.717, 1.165) is 12.1 Å². The van der Waals surface area contributed by atoms with Gasteiger partial charge in [-0.15, -0.1) is 0 Å². The van der Waals surface area contributed by atoms with E-state index in [2.05, 4.69) is 0 Å². The number of ether oxygens (including phenoxy) is 2. The van der Waals surface area contributed by atoms with Gasteiger partial charge in [0, 0.05) is 6.07 Å². The van der Waals surface area contributed by atoms with Crippen LogP contribution in [0.5, 0.6) is 5.75 Å². The number of cyclic esters (lactones) is 1. The maximum Gasteiger partial charge on any atom is 0.375 e. The van der Waals surface area contributed by atoms with Gasteiger partial charge in [-0.05, 0) is 43.7 Å². The molecule has 0 saturated carbocycles. The van der Waals surface area contributed by atoms with Gasteiger partial charge < -0.3 is 9.47 Å². The van der Waals surface area contributed by atoms with E-state index in [0.29, 0.717) is 11.1 Å². The number of hydrogen-bond acceptors (Lipinski definition) is 5. The highest BCUT2D eigenvalue weighted by molar-refractivity contribution is 7.91. The zero-order chi connectivity index (χ0) is 20.7. The first-order chi connectivity index (χ1) is 13.0. The summed E-state index contributed by atoms with van der Waals surface area (Å²) in [6.45, 7) is 4.85. The fourth-order valence-electron chi connectivity index (χ4n) is 2.93. The highest BCUT2D eigenvalue weighted by atomic mass is 32.2. The molecule has 148 valence electrons. The Bertz CT molecular complexity index is 1070. The Hall–Kier alpha value is -2.74. The number of benzene rings is 2. The molecule has 0 radical (unpaired) electrons. The normalized spacial score (nSPS) is 16.2. The van der Waals surface area contributed by atoms with Crippen LogP contribution in [0.15, 0.2) is 53.1 Å². The quantitative estimate of drug-likeness (QED) is 0.702. The molecule has 1 aliphatic heterocycles. The smallest absolute Gasteiger partial charge is 0.375 e. The van der Waals surface area contributed by atoms with E-state index < -0.39 is 33.0 Å². The lowest BCUT2D eigenvalue weighted by molar-refractivity contribution is -0.145.